The molecule has 1 aliphatic heterocycles. The third-order valence-electron chi connectivity index (χ3n) is 5.10. The van der Waals surface area contributed by atoms with Gasteiger partial charge in [-0.25, -0.2) is 0 Å². The Morgan fingerprint density at radius 2 is 1.90 bits per heavy atom. The van der Waals surface area contributed by atoms with Crippen molar-refractivity contribution in [2.24, 2.45) is 0 Å². The minimum atomic E-state index is -0.172. The molecule has 0 saturated carbocycles. The van der Waals surface area contributed by atoms with Gasteiger partial charge in [0.15, 0.2) is 0 Å². The van der Waals surface area contributed by atoms with Gasteiger partial charge in [-0.2, -0.15) is 0 Å². The normalized spacial score (nSPS) is 16.0. The fourth-order valence-corrected chi connectivity index (χ4v) is 4.56. The molecule has 0 saturated heterocycles. The number of carbonyl (C=O) groups excluding carboxylic acids is 2. The number of methoxy groups -OCH3 is 1. The minimum absolute atomic E-state index is 0.0177. The van der Waals surface area contributed by atoms with E-state index in [1.807, 2.05) is 58.8 Å². The monoisotopic (exact) mass is 427 g/mol. The second-order valence-corrected chi connectivity index (χ2v) is 8.76. The van der Waals surface area contributed by atoms with Crippen LogP contribution in [-0.2, 0) is 9.59 Å². The summed E-state index contributed by atoms with van der Waals surface area (Å²) in [6, 6.07) is 15.3. The molecular weight excluding hydrogens is 398 g/mol. The van der Waals surface area contributed by atoms with Crippen LogP contribution in [0.3, 0.4) is 0 Å². The first-order valence-corrected chi connectivity index (χ1v) is 11.1. The fraction of sp³-hybridized carbons (Fsp3) is 0.391. The van der Waals surface area contributed by atoms with Crippen molar-refractivity contribution < 1.29 is 14.3 Å². The Hall–Kier alpha value is -2.51. The molecule has 7 heteroatoms. The summed E-state index contributed by atoms with van der Waals surface area (Å²) in [5.74, 6) is 0.455. The predicted octanol–water partition coefficient (Wildman–Crippen LogP) is 3.87. The number of benzene rings is 2. The van der Waals surface area contributed by atoms with E-state index in [0.29, 0.717) is 29.8 Å². The third kappa shape index (κ3) is 5.55. The van der Waals surface area contributed by atoms with Crippen molar-refractivity contribution in [2.45, 2.75) is 30.4 Å². The van der Waals surface area contributed by atoms with Gasteiger partial charge < -0.3 is 15.0 Å². The molecular formula is C23H29N3O3S. The molecule has 0 spiro atoms. The van der Waals surface area contributed by atoms with Gasteiger partial charge in [0.05, 0.1) is 31.6 Å². The Morgan fingerprint density at radius 1 is 1.17 bits per heavy atom. The van der Waals surface area contributed by atoms with Gasteiger partial charge in [0.2, 0.25) is 11.8 Å². The summed E-state index contributed by atoms with van der Waals surface area (Å²) < 4.78 is 5.28. The van der Waals surface area contributed by atoms with Crippen molar-refractivity contribution in [1.29, 1.82) is 0 Å². The molecule has 30 heavy (non-hydrogen) atoms. The number of amides is 2. The van der Waals surface area contributed by atoms with Crippen LogP contribution in [0.1, 0.15) is 20.3 Å². The minimum Gasteiger partial charge on any atom is -0.495 e. The number of nitrogens with one attached hydrogen (secondary N) is 1. The molecule has 1 atom stereocenters. The van der Waals surface area contributed by atoms with Gasteiger partial charge in [-0.15, -0.1) is 11.8 Å². The smallest absolute Gasteiger partial charge is 0.241 e. The lowest BCUT2D eigenvalue weighted by atomic mass is 10.2. The van der Waals surface area contributed by atoms with Crippen LogP contribution in [0.4, 0.5) is 11.4 Å². The average molecular weight is 428 g/mol. The van der Waals surface area contributed by atoms with E-state index >= 15 is 0 Å². The summed E-state index contributed by atoms with van der Waals surface area (Å²) in [5, 5.41) is 3.33. The third-order valence-corrected chi connectivity index (χ3v) is 6.34. The summed E-state index contributed by atoms with van der Waals surface area (Å²) >= 11 is 1.81. The number of nitrogens with zero attached hydrogens (tertiary/aromatic N) is 2. The molecule has 2 amide bonds. The molecule has 1 N–H and O–H groups in total. The standard InChI is InChI=1S/C23H29N3O3S/c1-4-25(15-22(27)24-18-9-5-7-11-20(18)29-3)16-23(28)26-14-13-17(2)30-21-12-8-6-10-19(21)26/h5-12,17H,4,13-16H2,1-3H3,(H,24,27). The highest BCUT2D eigenvalue weighted by atomic mass is 32.2. The molecule has 2 aromatic rings. The molecule has 2 aromatic carbocycles. The number of fused-ring (bicyclic) bond motifs is 1. The molecule has 160 valence electrons. The second kappa shape index (κ2) is 10.5. The Labute approximate surface area is 182 Å². The molecule has 0 aliphatic carbocycles. The zero-order valence-electron chi connectivity index (χ0n) is 17.8. The molecule has 1 unspecified atom stereocenters. The first-order valence-electron chi connectivity index (χ1n) is 10.2. The zero-order chi connectivity index (χ0) is 21.5. The number of anilines is 2. The van der Waals surface area contributed by atoms with E-state index in [-0.39, 0.29) is 24.9 Å². The van der Waals surface area contributed by atoms with Crippen LogP contribution >= 0.6 is 11.8 Å². The molecule has 1 aliphatic rings. The molecule has 3 rings (SSSR count). The van der Waals surface area contributed by atoms with Gasteiger partial charge in [-0.3, -0.25) is 14.5 Å². The summed E-state index contributed by atoms with van der Waals surface area (Å²) in [7, 11) is 1.57. The summed E-state index contributed by atoms with van der Waals surface area (Å²) in [6.45, 7) is 5.78. The van der Waals surface area contributed by atoms with Crippen molar-refractivity contribution in [1.82, 2.24) is 4.90 Å². The summed E-state index contributed by atoms with van der Waals surface area (Å²) in [6.07, 6.45) is 0.936. The number of likely N-dealkylation sites (N-methyl/N-ethyl adjacent to an activating group) is 1. The van der Waals surface area contributed by atoms with E-state index in [4.69, 9.17) is 4.74 Å². The molecule has 0 fully saturated rings. The maximum Gasteiger partial charge on any atom is 0.241 e. The number of ether oxygens (including phenoxy) is 1. The van der Waals surface area contributed by atoms with E-state index in [2.05, 4.69) is 18.3 Å². The topological polar surface area (TPSA) is 61.9 Å². The Bertz CT molecular complexity index is 890. The average Bonchev–Trinajstić information content (AvgIpc) is 2.91. The van der Waals surface area contributed by atoms with Gasteiger partial charge in [-0.05, 0) is 37.2 Å². The van der Waals surface area contributed by atoms with Crippen LogP contribution in [-0.4, -0.2) is 55.3 Å². The Balaban J connectivity index is 1.65. The van der Waals surface area contributed by atoms with Crippen LogP contribution in [0, 0.1) is 0 Å². The quantitative estimate of drug-likeness (QED) is 0.727. The van der Waals surface area contributed by atoms with Gasteiger partial charge in [0.25, 0.3) is 0 Å². The van der Waals surface area contributed by atoms with Crippen LogP contribution in [0.15, 0.2) is 53.4 Å². The summed E-state index contributed by atoms with van der Waals surface area (Å²) in [5.41, 5.74) is 1.59. The lowest BCUT2D eigenvalue weighted by molar-refractivity contribution is -0.121. The first-order chi connectivity index (χ1) is 14.5. The van der Waals surface area contributed by atoms with E-state index in [1.54, 1.807) is 19.2 Å². The SMILES string of the molecule is CCN(CC(=O)Nc1ccccc1OC)CC(=O)N1CCC(C)Sc2ccccc21. The highest BCUT2D eigenvalue weighted by Crippen LogP contribution is 2.37. The number of rotatable bonds is 7. The number of para-hydroxylation sites is 3. The first kappa shape index (κ1) is 22.2. The zero-order valence-corrected chi connectivity index (χ0v) is 18.6. The molecule has 1 heterocycles. The molecule has 0 radical (unpaired) electrons. The maximum atomic E-state index is 13.2. The van der Waals surface area contributed by atoms with Crippen molar-refractivity contribution in [3.63, 3.8) is 0 Å². The van der Waals surface area contributed by atoms with Crippen molar-refractivity contribution in [3.8, 4) is 5.75 Å². The van der Waals surface area contributed by atoms with E-state index in [9.17, 15) is 9.59 Å². The number of thioether (sulfide) groups is 1. The second-order valence-electron chi connectivity index (χ2n) is 7.28. The highest BCUT2D eigenvalue weighted by molar-refractivity contribution is 8.00. The number of hydrogen-bond donors (Lipinski definition) is 1. The lowest BCUT2D eigenvalue weighted by Gasteiger charge is -2.26. The Morgan fingerprint density at radius 3 is 2.67 bits per heavy atom. The van der Waals surface area contributed by atoms with Crippen LogP contribution < -0.4 is 15.0 Å². The number of hydrogen-bond acceptors (Lipinski definition) is 5. The van der Waals surface area contributed by atoms with Crippen LogP contribution in [0.2, 0.25) is 0 Å². The molecule has 0 bridgehead atoms. The van der Waals surface area contributed by atoms with Crippen LogP contribution in [0.5, 0.6) is 5.75 Å². The van der Waals surface area contributed by atoms with Crippen molar-refractivity contribution >= 4 is 35.0 Å². The van der Waals surface area contributed by atoms with E-state index in [0.717, 1.165) is 17.0 Å². The van der Waals surface area contributed by atoms with E-state index < -0.39 is 0 Å². The molecule has 6 nitrogen and oxygen atoms in total. The van der Waals surface area contributed by atoms with Gasteiger partial charge in [0.1, 0.15) is 5.75 Å². The van der Waals surface area contributed by atoms with Gasteiger partial charge in [0, 0.05) is 16.7 Å². The van der Waals surface area contributed by atoms with Gasteiger partial charge in [-0.1, -0.05) is 38.1 Å². The fourth-order valence-electron chi connectivity index (χ4n) is 3.44. The predicted molar refractivity (Wildman–Crippen MR) is 122 cm³/mol. The largest absolute Gasteiger partial charge is 0.495 e. The Kier molecular flexibility index (Phi) is 7.76. The maximum absolute atomic E-state index is 13.2. The van der Waals surface area contributed by atoms with Gasteiger partial charge >= 0.3 is 0 Å². The lowest BCUT2D eigenvalue weighted by Crippen LogP contribution is -2.43. The number of carbonyl (C=O) groups is 2. The summed E-state index contributed by atoms with van der Waals surface area (Å²) in [4.78, 5) is 30.6. The van der Waals surface area contributed by atoms with Crippen molar-refractivity contribution in [3.05, 3.63) is 48.5 Å². The molecule has 0 aromatic heterocycles. The van der Waals surface area contributed by atoms with E-state index in [1.165, 1.54) is 0 Å². The van der Waals surface area contributed by atoms with Crippen molar-refractivity contribution in [2.75, 3.05) is 43.5 Å². The van der Waals surface area contributed by atoms with Crippen LogP contribution in [0.25, 0.3) is 0 Å². The highest BCUT2D eigenvalue weighted by Gasteiger charge is 2.25.